The molecule has 1 aliphatic heterocycles. The number of hydrogen-bond acceptors (Lipinski definition) is 9. The average molecular weight is 718 g/mol. The molecule has 5 amide bonds. The van der Waals surface area contributed by atoms with Crippen LogP contribution in [0.25, 0.3) is 0 Å². The van der Waals surface area contributed by atoms with Crippen LogP contribution in [0.3, 0.4) is 0 Å². The molecule has 3 aliphatic rings. The quantitative estimate of drug-likeness (QED) is 0.233. The Balaban J connectivity index is 1.59. The number of para-hydroxylation sites is 1. The van der Waals surface area contributed by atoms with Gasteiger partial charge in [0.1, 0.15) is 29.3 Å². The Kier molecular flexibility index (Phi) is 11.3. The summed E-state index contributed by atoms with van der Waals surface area (Å²) >= 11 is 0. The van der Waals surface area contributed by atoms with Gasteiger partial charge in [-0.05, 0) is 63.5 Å². The molecule has 1 aromatic rings. The summed E-state index contributed by atoms with van der Waals surface area (Å²) in [6.45, 7) is 15.8. The van der Waals surface area contributed by atoms with E-state index in [1.54, 1.807) is 53.7 Å². The zero-order valence-corrected chi connectivity index (χ0v) is 30.8. The number of aryl methyl sites for hydroxylation is 1. The number of rotatable bonds is 12. The lowest BCUT2D eigenvalue weighted by Crippen LogP contribution is -2.60. The number of benzene rings is 1. The Bertz CT molecular complexity index is 1610. The number of anilines is 1. The molecule has 4 N–H and O–H groups in total. The molecule has 0 aromatic heterocycles. The number of ether oxygens (including phenoxy) is 2. The predicted octanol–water partition coefficient (Wildman–Crippen LogP) is 3.77. The minimum absolute atomic E-state index is 0.110. The molecule has 14 nitrogen and oxygen atoms in total. The molecule has 276 valence electrons. The van der Waals surface area contributed by atoms with Crippen molar-refractivity contribution >= 4 is 45.6 Å². The Morgan fingerprint density at radius 1 is 1.06 bits per heavy atom. The van der Waals surface area contributed by atoms with Gasteiger partial charge in [0.15, 0.2) is 0 Å². The van der Waals surface area contributed by atoms with E-state index in [0.717, 1.165) is 18.4 Å². The number of carbonyl (C=O) groups excluding carboxylic acids is 5. The van der Waals surface area contributed by atoms with Gasteiger partial charge in [-0.1, -0.05) is 58.4 Å². The van der Waals surface area contributed by atoms with E-state index in [2.05, 4.69) is 27.3 Å². The van der Waals surface area contributed by atoms with Crippen molar-refractivity contribution in [3.63, 3.8) is 0 Å². The Morgan fingerprint density at radius 2 is 1.72 bits per heavy atom. The van der Waals surface area contributed by atoms with Gasteiger partial charge in [-0.25, -0.2) is 18.0 Å². The maximum Gasteiger partial charge on any atom is 0.411 e. The molecule has 2 saturated carbocycles. The van der Waals surface area contributed by atoms with E-state index in [4.69, 9.17) is 9.47 Å². The van der Waals surface area contributed by atoms with E-state index in [0.29, 0.717) is 18.5 Å². The van der Waals surface area contributed by atoms with Gasteiger partial charge >= 0.3 is 12.2 Å². The number of nitrogens with one attached hydrogen (secondary N) is 4. The van der Waals surface area contributed by atoms with Crippen molar-refractivity contribution in [3.8, 4) is 0 Å². The third-order valence-electron chi connectivity index (χ3n) is 8.92. The second-order valence-electron chi connectivity index (χ2n) is 15.4. The largest absolute Gasteiger partial charge is 0.444 e. The van der Waals surface area contributed by atoms with Crippen molar-refractivity contribution in [2.24, 2.45) is 11.3 Å². The highest BCUT2D eigenvalue weighted by atomic mass is 32.2. The van der Waals surface area contributed by atoms with E-state index in [1.807, 2.05) is 19.1 Å². The van der Waals surface area contributed by atoms with E-state index < -0.39 is 85.8 Å². The van der Waals surface area contributed by atoms with Crippen molar-refractivity contribution < 1.29 is 41.9 Å². The highest BCUT2D eigenvalue weighted by Gasteiger charge is 2.62. The molecule has 1 saturated heterocycles. The fourth-order valence-corrected chi connectivity index (χ4v) is 7.42. The van der Waals surface area contributed by atoms with E-state index in [9.17, 15) is 32.4 Å². The second kappa shape index (κ2) is 14.6. The average Bonchev–Trinajstić information content (AvgIpc) is 3.92. The predicted molar refractivity (Wildman–Crippen MR) is 186 cm³/mol. The minimum Gasteiger partial charge on any atom is -0.444 e. The van der Waals surface area contributed by atoms with Gasteiger partial charge in [0.2, 0.25) is 21.8 Å². The zero-order valence-electron chi connectivity index (χ0n) is 30.0. The number of nitrogens with zero attached hydrogens (tertiary/aromatic N) is 1. The fraction of sp³-hybridized carbons (Fsp3) is 0.629. The lowest BCUT2D eigenvalue weighted by Gasteiger charge is -2.36. The highest BCUT2D eigenvalue weighted by molar-refractivity contribution is 7.91. The smallest absolute Gasteiger partial charge is 0.411 e. The number of alkyl carbamates (subject to hydrolysis) is 1. The molecule has 5 unspecified atom stereocenters. The summed E-state index contributed by atoms with van der Waals surface area (Å²) in [6, 6.07) is 4.90. The molecule has 2 aliphatic carbocycles. The summed E-state index contributed by atoms with van der Waals surface area (Å²) in [5, 5.41) is 7.46. The zero-order chi connectivity index (χ0) is 37.2. The van der Waals surface area contributed by atoms with Gasteiger partial charge in [-0.2, -0.15) is 0 Å². The normalized spacial score (nSPS) is 24.0. The first kappa shape index (κ1) is 38.7. The standard InChI is InChI=1S/C35H51N5O9S/c1-9-13-21-14-11-12-15-25(21)36-31(44)48-23-18-26(40(20-23)29(42)27(33(3,4)5)37-32(45)49-34(6,7)8)28(41)38-35(19-22(35)10-2)30(43)39-50(46,47)24-16-17-24/h10-12,14-15,22-24,26-27H,2,9,13,16-20H2,1,3-8H3,(H,36,44)(H,37,45)(H,38,41)(H,39,43). The summed E-state index contributed by atoms with van der Waals surface area (Å²) in [5.74, 6) is -2.81. The van der Waals surface area contributed by atoms with Crippen LogP contribution in [0, 0.1) is 11.3 Å². The van der Waals surface area contributed by atoms with Crippen molar-refractivity contribution in [2.45, 2.75) is 122 Å². The summed E-state index contributed by atoms with van der Waals surface area (Å²) in [4.78, 5) is 68.9. The maximum absolute atomic E-state index is 14.3. The Morgan fingerprint density at radius 3 is 2.28 bits per heavy atom. The molecule has 0 bridgehead atoms. The third kappa shape index (κ3) is 9.34. The number of likely N-dealkylation sites (tertiary alicyclic amines) is 1. The number of carbonyl (C=O) groups is 5. The van der Waals surface area contributed by atoms with Gasteiger partial charge in [-0.15, -0.1) is 6.58 Å². The fourth-order valence-electron chi connectivity index (χ4n) is 6.05. The molecule has 1 heterocycles. The van der Waals surface area contributed by atoms with Crippen molar-refractivity contribution in [1.82, 2.24) is 20.3 Å². The van der Waals surface area contributed by atoms with E-state index in [1.165, 1.54) is 11.0 Å². The van der Waals surface area contributed by atoms with Crippen LogP contribution < -0.4 is 20.7 Å². The van der Waals surface area contributed by atoms with Crippen LogP contribution in [0.5, 0.6) is 0 Å². The van der Waals surface area contributed by atoms with Crippen LogP contribution in [0.1, 0.15) is 86.1 Å². The molecule has 3 fully saturated rings. The highest BCUT2D eigenvalue weighted by Crippen LogP contribution is 2.45. The van der Waals surface area contributed by atoms with Gasteiger partial charge in [0, 0.05) is 18.0 Å². The SMILES string of the molecule is C=CC1CC1(NC(=O)C1CC(OC(=O)Nc2ccccc2CCC)CN1C(=O)C(NC(=O)OC(C)(C)C)C(C)(C)C)C(=O)NS(=O)(=O)C1CC1. The number of amides is 5. The van der Waals surface area contributed by atoms with Crippen molar-refractivity contribution in [3.05, 3.63) is 42.5 Å². The summed E-state index contributed by atoms with van der Waals surface area (Å²) in [5.41, 5.74) is -1.79. The monoisotopic (exact) mass is 717 g/mol. The lowest BCUT2D eigenvalue weighted by molar-refractivity contribution is -0.143. The Labute approximate surface area is 294 Å². The molecule has 0 spiro atoms. The van der Waals surface area contributed by atoms with Crippen LogP contribution in [0.15, 0.2) is 36.9 Å². The van der Waals surface area contributed by atoms with Gasteiger partial charge in [0.05, 0.1) is 11.8 Å². The Hall–Kier alpha value is -4.14. The van der Waals surface area contributed by atoms with Crippen LogP contribution in [0.2, 0.25) is 0 Å². The third-order valence-corrected chi connectivity index (χ3v) is 10.7. The molecule has 1 aromatic carbocycles. The minimum atomic E-state index is -3.91. The van der Waals surface area contributed by atoms with Crippen molar-refractivity contribution in [1.29, 1.82) is 0 Å². The van der Waals surface area contributed by atoms with Crippen molar-refractivity contribution in [2.75, 3.05) is 11.9 Å². The van der Waals surface area contributed by atoms with Gasteiger partial charge in [-0.3, -0.25) is 24.4 Å². The summed E-state index contributed by atoms with van der Waals surface area (Å²) in [6.07, 6.45) is 1.38. The first-order valence-corrected chi connectivity index (χ1v) is 18.6. The number of hydrogen-bond donors (Lipinski definition) is 4. The first-order valence-electron chi connectivity index (χ1n) is 17.1. The molecular formula is C35H51N5O9S. The number of sulfonamides is 1. The van der Waals surface area contributed by atoms with Gasteiger partial charge < -0.3 is 25.0 Å². The van der Waals surface area contributed by atoms with Crippen LogP contribution in [-0.4, -0.2) is 84.3 Å². The summed E-state index contributed by atoms with van der Waals surface area (Å²) < 4.78 is 38.5. The topological polar surface area (TPSA) is 189 Å². The first-order chi connectivity index (χ1) is 23.2. The van der Waals surface area contributed by atoms with E-state index >= 15 is 0 Å². The van der Waals surface area contributed by atoms with E-state index in [-0.39, 0.29) is 19.4 Å². The lowest BCUT2D eigenvalue weighted by atomic mass is 9.85. The summed E-state index contributed by atoms with van der Waals surface area (Å²) in [7, 11) is -3.91. The van der Waals surface area contributed by atoms with Crippen LogP contribution in [-0.2, 0) is 40.3 Å². The molecule has 4 rings (SSSR count). The van der Waals surface area contributed by atoms with Crippen LogP contribution >= 0.6 is 0 Å². The second-order valence-corrected chi connectivity index (χ2v) is 17.4. The molecule has 5 atom stereocenters. The molecular weight excluding hydrogens is 666 g/mol. The maximum atomic E-state index is 14.3. The van der Waals surface area contributed by atoms with Crippen LogP contribution in [0.4, 0.5) is 15.3 Å². The van der Waals surface area contributed by atoms with Gasteiger partial charge in [0.25, 0.3) is 5.91 Å². The molecule has 15 heteroatoms. The molecule has 50 heavy (non-hydrogen) atoms. The molecule has 0 radical (unpaired) electrons.